The fourth-order valence-corrected chi connectivity index (χ4v) is 5.48. The molecule has 0 radical (unpaired) electrons. The van der Waals surface area contributed by atoms with Gasteiger partial charge in [0.2, 0.25) is 5.91 Å². The first kappa shape index (κ1) is 21.1. The Balaban J connectivity index is 1.38. The average molecular weight is 433 g/mol. The first-order chi connectivity index (χ1) is 15.7. The second-order valence-electron chi connectivity index (χ2n) is 9.20. The molecule has 1 amide bonds. The van der Waals surface area contributed by atoms with Gasteiger partial charge in [0.1, 0.15) is 5.82 Å². The van der Waals surface area contributed by atoms with E-state index in [1.165, 1.54) is 6.07 Å². The van der Waals surface area contributed by atoms with Gasteiger partial charge in [0.25, 0.3) is 0 Å². The van der Waals surface area contributed by atoms with E-state index >= 15 is 0 Å². The van der Waals surface area contributed by atoms with Gasteiger partial charge >= 0.3 is 0 Å². The fraction of sp³-hybridized carbons (Fsp3) is 0.407. The maximum atomic E-state index is 14.8. The molecule has 3 aromatic rings. The minimum absolute atomic E-state index is 0.0623. The zero-order valence-corrected chi connectivity index (χ0v) is 18.3. The SMILES string of the molecule is O=C(N1CCOC[C@@H](Cc2cnc3ccccc3c2)C1)C1(c2ccccc2F)CCCC1. The number of nitrogens with zero attached hydrogens (tertiary/aromatic N) is 2. The van der Waals surface area contributed by atoms with Crippen LogP contribution in [-0.4, -0.2) is 42.1 Å². The Hall–Kier alpha value is -2.79. The molecule has 32 heavy (non-hydrogen) atoms. The quantitative estimate of drug-likeness (QED) is 0.589. The molecular weight excluding hydrogens is 403 g/mol. The average Bonchev–Trinajstić information content (AvgIpc) is 3.20. The zero-order valence-electron chi connectivity index (χ0n) is 18.3. The van der Waals surface area contributed by atoms with Crippen molar-refractivity contribution in [3.05, 3.63) is 77.7 Å². The maximum Gasteiger partial charge on any atom is 0.233 e. The number of rotatable bonds is 4. The Morgan fingerprint density at radius 3 is 2.75 bits per heavy atom. The van der Waals surface area contributed by atoms with Gasteiger partial charge < -0.3 is 9.64 Å². The minimum atomic E-state index is -0.745. The first-order valence-corrected chi connectivity index (χ1v) is 11.6. The minimum Gasteiger partial charge on any atom is -0.379 e. The van der Waals surface area contributed by atoms with Crippen LogP contribution in [0.5, 0.6) is 0 Å². The monoisotopic (exact) mass is 432 g/mol. The lowest BCUT2D eigenvalue weighted by molar-refractivity contribution is -0.138. The smallest absolute Gasteiger partial charge is 0.233 e. The molecule has 0 N–H and O–H groups in total. The van der Waals surface area contributed by atoms with Crippen molar-refractivity contribution in [1.82, 2.24) is 9.88 Å². The van der Waals surface area contributed by atoms with Gasteiger partial charge in [-0.15, -0.1) is 0 Å². The van der Waals surface area contributed by atoms with E-state index < -0.39 is 5.41 Å². The lowest BCUT2D eigenvalue weighted by atomic mass is 9.77. The van der Waals surface area contributed by atoms with Crippen LogP contribution in [0.4, 0.5) is 4.39 Å². The van der Waals surface area contributed by atoms with E-state index in [1.54, 1.807) is 12.1 Å². The highest BCUT2D eigenvalue weighted by atomic mass is 19.1. The van der Waals surface area contributed by atoms with Crippen molar-refractivity contribution in [1.29, 1.82) is 0 Å². The number of hydrogen-bond acceptors (Lipinski definition) is 3. The molecule has 1 aliphatic heterocycles. The number of fused-ring (bicyclic) bond motifs is 1. The van der Waals surface area contributed by atoms with Gasteiger partial charge in [-0.2, -0.15) is 0 Å². The van der Waals surface area contributed by atoms with Gasteiger partial charge in [0.15, 0.2) is 0 Å². The van der Waals surface area contributed by atoms with E-state index in [9.17, 15) is 9.18 Å². The van der Waals surface area contributed by atoms with Crippen LogP contribution >= 0.6 is 0 Å². The van der Waals surface area contributed by atoms with Gasteiger partial charge in [-0.25, -0.2) is 4.39 Å². The number of hydrogen-bond donors (Lipinski definition) is 0. The molecular formula is C27H29FN2O2. The van der Waals surface area contributed by atoms with Crippen molar-refractivity contribution >= 4 is 16.8 Å². The van der Waals surface area contributed by atoms with E-state index in [0.717, 1.165) is 35.7 Å². The van der Waals surface area contributed by atoms with Crippen molar-refractivity contribution in [2.75, 3.05) is 26.3 Å². The molecule has 2 aromatic carbocycles. The second-order valence-corrected chi connectivity index (χ2v) is 9.20. The van der Waals surface area contributed by atoms with E-state index in [-0.39, 0.29) is 17.6 Å². The molecule has 0 spiro atoms. The maximum absolute atomic E-state index is 14.8. The van der Waals surface area contributed by atoms with Crippen molar-refractivity contribution < 1.29 is 13.9 Å². The third-order valence-corrected chi connectivity index (χ3v) is 7.05. The summed E-state index contributed by atoms with van der Waals surface area (Å²) >= 11 is 0. The summed E-state index contributed by atoms with van der Waals surface area (Å²) in [6.45, 7) is 2.32. The molecule has 0 bridgehead atoms. The molecule has 2 fully saturated rings. The Morgan fingerprint density at radius 2 is 1.91 bits per heavy atom. The van der Waals surface area contributed by atoms with Crippen molar-refractivity contribution in [3.63, 3.8) is 0 Å². The number of para-hydroxylation sites is 1. The molecule has 1 aromatic heterocycles. The highest BCUT2D eigenvalue weighted by Gasteiger charge is 2.46. The highest BCUT2D eigenvalue weighted by Crippen LogP contribution is 2.44. The topological polar surface area (TPSA) is 42.4 Å². The van der Waals surface area contributed by atoms with Crippen LogP contribution in [-0.2, 0) is 21.4 Å². The van der Waals surface area contributed by atoms with Crippen LogP contribution in [0.3, 0.4) is 0 Å². The summed E-state index contributed by atoms with van der Waals surface area (Å²) in [7, 11) is 0. The number of halogens is 1. The lowest BCUT2D eigenvalue weighted by Crippen LogP contribution is -2.48. The van der Waals surface area contributed by atoms with Gasteiger partial charge in [-0.05, 0) is 43.0 Å². The number of carbonyl (C=O) groups is 1. The van der Waals surface area contributed by atoms with Crippen LogP contribution in [0.1, 0.15) is 36.8 Å². The van der Waals surface area contributed by atoms with Crippen molar-refractivity contribution in [3.8, 4) is 0 Å². The molecule has 1 saturated heterocycles. The largest absolute Gasteiger partial charge is 0.379 e. The van der Waals surface area contributed by atoms with E-state index in [0.29, 0.717) is 44.7 Å². The van der Waals surface area contributed by atoms with Gasteiger partial charge in [0.05, 0.1) is 24.1 Å². The van der Waals surface area contributed by atoms with Gasteiger partial charge in [-0.1, -0.05) is 49.2 Å². The Morgan fingerprint density at radius 1 is 1.12 bits per heavy atom. The summed E-state index contributed by atoms with van der Waals surface area (Å²) in [6, 6.07) is 17.1. The third-order valence-electron chi connectivity index (χ3n) is 7.05. The molecule has 1 atom stereocenters. The predicted octanol–water partition coefficient (Wildman–Crippen LogP) is 4.90. The van der Waals surface area contributed by atoms with E-state index in [1.807, 2.05) is 35.4 Å². The van der Waals surface area contributed by atoms with Crippen LogP contribution in [0.15, 0.2) is 60.8 Å². The Labute approximate surface area is 188 Å². The number of ether oxygens (including phenoxy) is 1. The van der Waals surface area contributed by atoms with E-state index in [4.69, 9.17) is 4.74 Å². The predicted molar refractivity (Wildman–Crippen MR) is 123 cm³/mol. The van der Waals surface area contributed by atoms with Crippen LogP contribution in [0.2, 0.25) is 0 Å². The summed E-state index contributed by atoms with van der Waals surface area (Å²) < 4.78 is 20.7. The second kappa shape index (κ2) is 8.99. The molecule has 166 valence electrons. The molecule has 4 nitrogen and oxygen atoms in total. The molecule has 1 aliphatic carbocycles. The van der Waals surface area contributed by atoms with Crippen LogP contribution in [0.25, 0.3) is 10.9 Å². The number of carbonyl (C=O) groups excluding carboxylic acids is 1. The van der Waals surface area contributed by atoms with Gasteiger partial charge in [-0.3, -0.25) is 9.78 Å². The normalized spacial score (nSPS) is 20.9. The van der Waals surface area contributed by atoms with Crippen molar-refractivity contribution in [2.45, 2.75) is 37.5 Å². The Kier molecular flexibility index (Phi) is 5.92. The summed E-state index contributed by atoms with van der Waals surface area (Å²) in [5.74, 6) is -0.0247. The number of aromatic nitrogens is 1. The lowest BCUT2D eigenvalue weighted by Gasteiger charge is -2.35. The zero-order chi connectivity index (χ0) is 22.0. The molecule has 5 rings (SSSR count). The number of benzene rings is 2. The molecule has 2 aliphatic rings. The number of amides is 1. The highest BCUT2D eigenvalue weighted by molar-refractivity contribution is 5.89. The molecule has 0 unspecified atom stereocenters. The molecule has 2 heterocycles. The van der Waals surface area contributed by atoms with Crippen LogP contribution in [0, 0.1) is 11.7 Å². The summed E-state index contributed by atoms with van der Waals surface area (Å²) in [4.78, 5) is 20.4. The first-order valence-electron chi connectivity index (χ1n) is 11.6. The summed E-state index contributed by atoms with van der Waals surface area (Å²) in [5, 5.41) is 1.12. The Bertz CT molecular complexity index is 1110. The summed E-state index contributed by atoms with van der Waals surface area (Å²) in [5.41, 5.74) is 1.95. The summed E-state index contributed by atoms with van der Waals surface area (Å²) in [6.07, 6.45) is 6.06. The standard InChI is InChI=1S/C27H29FN2O2/c28-24-9-3-2-8-23(24)27(11-5-6-12-27)26(31)30-13-14-32-19-21(18-30)15-20-16-22-7-1-4-10-25(22)29-17-20/h1-4,7-10,16-17,21H,5-6,11-15,18-19H2/t21-/m0/s1. The fourth-order valence-electron chi connectivity index (χ4n) is 5.48. The van der Waals surface area contributed by atoms with Crippen molar-refractivity contribution in [2.24, 2.45) is 5.92 Å². The van der Waals surface area contributed by atoms with Crippen LogP contribution < -0.4 is 0 Å². The van der Waals surface area contributed by atoms with Gasteiger partial charge in [0, 0.05) is 36.2 Å². The number of pyridine rings is 1. The molecule has 1 saturated carbocycles. The third kappa shape index (κ3) is 4.02. The van der Waals surface area contributed by atoms with E-state index in [2.05, 4.69) is 17.1 Å². The molecule has 5 heteroatoms.